The molecule has 1 amide bonds. The molecule has 128 valence electrons. The number of nitrogens with one attached hydrogen (secondary N) is 2. The minimum absolute atomic E-state index is 0.0858. The van der Waals surface area contributed by atoms with E-state index >= 15 is 0 Å². The van der Waals surface area contributed by atoms with E-state index in [2.05, 4.69) is 57.4 Å². The maximum Gasteiger partial charge on any atom is 0.275 e. The summed E-state index contributed by atoms with van der Waals surface area (Å²) in [7, 11) is 2.06. The molecule has 0 spiro atoms. The molecule has 24 heavy (non-hydrogen) atoms. The van der Waals surface area contributed by atoms with Crippen molar-refractivity contribution in [1.82, 2.24) is 5.32 Å². The van der Waals surface area contributed by atoms with E-state index < -0.39 is 0 Å². The highest BCUT2D eigenvalue weighted by Crippen LogP contribution is 2.21. The molecule has 0 aliphatic heterocycles. The van der Waals surface area contributed by atoms with Gasteiger partial charge in [-0.2, -0.15) is 0 Å². The van der Waals surface area contributed by atoms with Crippen LogP contribution in [0.2, 0.25) is 0 Å². The van der Waals surface area contributed by atoms with Crippen LogP contribution >= 0.6 is 0 Å². The molecule has 0 fully saturated rings. The molecule has 2 aromatic rings. The molecule has 0 aromatic heterocycles. The number of hydrogen-bond donors (Lipinski definition) is 2. The Labute approximate surface area is 145 Å². The summed E-state index contributed by atoms with van der Waals surface area (Å²) >= 11 is 0. The van der Waals surface area contributed by atoms with Gasteiger partial charge >= 0.3 is 0 Å². The van der Waals surface area contributed by atoms with Crippen LogP contribution in [0.5, 0.6) is 0 Å². The first-order chi connectivity index (χ1) is 11.3. The molecule has 0 saturated carbocycles. The van der Waals surface area contributed by atoms with Crippen LogP contribution in [0.4, 0.5) is 0 Å². The molecule has 2 aromatic carbocycles. The lowest BCUT2D eigenvalue weighted by Gasteiger charge is -2.19. The van der Waals surface area contributed by atoms with E-state index in [1.165, 1.54) is 16.0 Å². The summed E-state index contributed by atoms with van der Waals surface area (Å²) in [5.74, 6) is 0.0858. The van der Waals surface area contributed by atoms with Crippen molar-refractivity contribution in [3.63, 3.8) is 0 Å². The summed E-state index contributed by atoms with van der Waals surface area (Å²) < 4.78 is 0. The molecule has 0 aliphatic rings. The molecule has 0 aliphatic carbocycles. The van der Waals surface area contributed by atoms with Gasteiger partial charge in [-0.3, -0.25) is 4.79 Å². The number of carbonyl (C=O) groups excluding carboxylic acids is 1. The molecule has 2 N–H and O–H groups in total. The van der Waals surface area contributed by atoms with Crippen LogP contribution in [-0.4, -0.2) is 19.5 Å². The van der Waals surface area contributed by atoms with Crippen molar-refractivity contribution in [2.45, 2.75) is 39.3 Å². The second kappa shape index (κ2) is 8.11. The molecule has 0 heterocycles. The van der Waals surface area contributed by atoms with Crippen LogP contribution in [0.15, 0.2) is 54.6 Å². The van der Waals surface area contributed by atoms with Crippen molar-refractivity contribution in [3.05, 3.63) is 71.3 Å². The lowest BCUT2D eigenvalue weighted by molar-refractivity contribution is -0.885. The molecule has 2 rings (SSSR count). The van der Waals surface area contributed by atoms with Crippen LogP contribution < -0.4 is 10.2 Å². The van der Waals surface area contributed by atoms with E-state index in [4.69, 9.17) is 0 Å². The van der Waals surface area contributed by atoms with E-state index in [1.807, 2.05) is 30.3 Å². The van der Waals surface area contributed by atoms with Gasteiger partial charge in [0.1, 0.15) is 6.54 Å². The number of rotatable bonds is 6. The Bertz CT molecular complexity index is 642. The maximum atomic E-state index is 12.1. The van der Waals surface area contributed by atoms with Gasteiger partial charge in [0.25, 0.3) is 5.91 Å². The lowest BCUT2D eigenvalue weighted by atomic mass is 9.87. The van der Waals surface area contributed by atoms with Gasteiger partial charge in [0, 0.05) is 12.1 Å². The summed E-state index contributed by atoms with van der Waals surface area (Å²) in [6, 6.07) is 18.7. The zero-order chi connectivity index (χ0) is 17.6. The Balaban J connectivity index is 1.80. The Morgan fingerprint density at radius 1 is 0.958 bits per heavy atom. The topological polar surface area (TPSA) is 33.5 Å². The molecule has 3 nitrogen and oxygen atoms in total. The summed E-state index contributed by atoms with van der Waals surface area (Å²) in [4.78, 5) is 13.3. The quantitative estimate of drug-likeness (QED) is 0.840. The predicted molar refractivity (Wildman–Crippen MR) is 98.9 cm³/mol. The second-order valence-electron chi connectivity index (χ2n) is 7.52. The largest absolute Gasteiger partial charge is 0.347 e. The first-order valence-corrected chi connectivity index (χ1v) is 8.56. The molecular weight excluding hydrogens is 296 g/mol. The summed E-state index contributed by atoms with van der Waals surface area (Å²) in [5.41, 5.74) is 3.90. The molecule has 3 heteroatoms. The van der Waals surface area contributed by atoms with Gasteiger partial charge < -0.3 is 10.2 Å². The van der Waals surface area contributed by atoms with Gasteiger partial charge in [0.05, 0.1) is 7.05 Å². The third-order valence-corrected chi connectivity index (χ3v) is 4.12. The smallest absolute Gasteiger partial charge is 0.275 e. The molecule has 0 bridgehead atoms. The third-order valence-electron chi connectivity index (χ3n) is 4.12. The summed E-state index contributed by atoms with van der Waals surface area (Å²) in [5, 5.41) is 2.98. The van der Waals surface area contributed by atoms with Crippen molar-refractivity contribution in [3.8, 4) is 0 Å². The van der Waals surface area contributed by atoms with Gasteiger partial charge in [-0.15, -0.1) is 0 Å². The zero-order valence-electron chi connectivity index (χ0n) is 15.2. The number of quaternary nitrogens is 1. The standard InChI is InChI=1S/C21H28N2O/c1-21(2,3)19-12-10-18(11-13-19)15-23(4)16-20(24)22-14-17-8-6-5-7-9-17/h5-13H,14-16H2,1-4H3,(H,22,24)/p+1. The van der Waals surface area contributed by atoms with E-state index in [0.29, 0.717) is 13.1 Å². The number of benzene rings is 2. The minimum Gasteiger partial charge on any atom is -0.347 e. The van der Waals surface area contributed by atoms with Gasteiger partial charge in [-0.25, -0.2) is 0 Å². The number of hydrogen-bond acceptors (Lipinski definition) is 1. The Morgan fingerprint density at radius 3 is 2.17 bits per heavy atom. The van der Waals surface area contributed by atoms with Crippen molar-refractivity contribution in [1.29, 1.82) is 0 Å². The van der Waals surface area contributed by atoms with Crippen LogP contribution in [0.25, 0.3) is 0 Å². The second-order valence-corrected chi connectivity index (χ2v) is 7.52. The highest BCUT2D eigenvalue weighted by molar-refractivity contribution is 5.76. The van der Waals surface area contributed by atoms with Gasteiger partial charge in [0.15, 0.2) is 6.54 Å². The van der Waals surface area contributed by atoms with Crippen molar-refractivity contribution < 1.29 is 9.69 Å². The molecular formula is C21H29N2O+. The fourth-order valence-electron chi connectivity index (χ4n) is 2.67. The van der Waals surface area contributed by atoms with Crippen LogP contribution in [0.1, 0.15) is 37.5 Å². The average Bonchev–Trinajstić information content (AvgIpc) is 2.53. The highest BCUT2D eigenvalue weighted by atomic mass is 16.2. The summed E-state index contributed by atoms with van der Waals surface area (Å²) in [6.45, 7) is 8.58. The Hall–Kier alpha value is -2.13. The number of carbonyl (C=O) groups is 1. The van der Waals surface area contributed by atoms with E-state index in [-0.39, 0.29) is 11.3 Å². The van der Waals surface area contributed by atoms with E-state index in [1.54, 1.807) is 0 Å². The molecule has 0 saturated heterocycles. The van der Waals surface area contributed by atoms with Gasteiger partial charge in [-0.05, 0) is 16.5 Å². The van der Waals surface area contributed by atoms with Crippen LogP contribution in [-0.2, 0) is 23.3 Å². The maximum absolute atomic E-state index is 12.1. The van der Waals surface area contributed by atoms with Gasteiger partial charge in [0.2, 0.25) is 0 Å². The first kappa shape index (κ1) is 18.2. The first-order valence-electron chi connectivity index (χ1n) is 8.56. The zero-order valence-corrected chi connectivity index (χ0v) is 15.2. The van der Waals surface area contributed by atoms with Crippen LogP contribution in [0, 0.1) is 0 Å². The average molecular weight is 325 g/mol. The van der Waals surface area contributed by atoms with Crippen LogP contribution in [0.3, 0.4) is 0 Å². The predicted octanol–water partition coefficient (Wildman–Crippen LogP) is 2.32. The minimum atomic E-state index is 0.0858. The van der Waals surface area contributed by atoms with Crippen molar-refractivity contribution in [2.24, 2.45) is 0 Å². The Kier molecular flexibility index (Phi) is 6.16. The van der Waals surface area contributed by atoms with E-state index in [9.17, 15) is 4.79 Å². The monoisotopic (exact) mass is 325 g/mol. The van der Waals surface area contributed by atoms with E-state index in [0.717, 1.165) is 12.1 Å². The lowest BCUT2D eigenvalue weighted by Crippen LogP contribution is -3.08. The third kappa shape index (κ3) is 5.82. The fraction of sp³-hybridized carbons (Fsp3) is 0.381. The number of likely N-dealkylation sites (N-methyl/N-ethyl adjacent to an activating group) is 1. The summed E-state index contributed by atoms with van der Waals surface area (Å²) in [6.07, 6.45) is 0. The van der Waals surface area contributed by atoms with Crippen molar-refractivity contribution >= 4 is 5.91 Å². The molecule has 1 unspecified atom stereocenters. The Morgan fingerprint density at radius 2 is 1.58 bits per heavy atom. The van der Waals surface area contributed by atoms with Crippen molar-refractivity contribution in [2.75, 3.05) is 13.6 Å². The molecule has 1 atom stereocenters. The normalized spacial score (nSPS) is 12.7. The SMILES string of the molecule is C[NH+](CC(=O)NCc1ccccc1)Cc1ccc(C(C)(C)C)cc1. The fourth-order valence-corrected chi connectivity index (χ4v) is 2.67. The molecule has 0 radical (unpaired) electrons. The van der Waals surface area contributed by atoms with Gasteiger partial charge in [-0.1, -0.05) is 75.4 Å². The highest BCUT2D eigenvalue weighted by Gasteiger charge is 2.14. The number of amides is 1.